The Hall–Kier alpha value is -1.46. The van der Waals surface area contributed by atoms with Crippen LogP contribution in [-0.4, -0.2) is 41.0 Å². The van der Waals surface area contributed by atoms with Gasteiger partial charge >= 0.3 is 5.97 Å². The zero-order valence-corrected chi connectivity index (χ0v) is 21.5. The van der Waals surface area contributed by atoms with E-state index in [0.29, 0.717) is 17.6 Å². The number of carbonyl (C=O) groups is 1. The summed E-state index contributed by atoms with van der Waals surface area (Å²) in [5.41, 5.74) is 5.73. The van der Waals surface area contributed by atoms with Crippen LogP contribution in [0.3, 0.4) is 0 Å². The molecule has 0 radical (unpaired) electrons. The van der Waals surface area contributed by atoms with E-state index in [4.69, 9.17) is 5.73 Å². The van der Waals surface area contributed by atoms with E-state index < -0.39 is 5.97 Å². The zero-order chi connectivity index (χ0) is 24.0. The Bertz CT molecular complexity index is 586. The molecule has 0 saturated carbocycles. The Morgan fingerprint density at radius 3 is 1.91 bits per heavy atom. The highest BCUT2D eigenvalue weighted by Crippen LogP contribution is 2.21. The van der Waals surface area contributed by atoms with Crippen LogP contribution in [0.4, 0.5) is 0 Å². The van der Waals surface area contributed by atoms with Gasteiger partial charge in [-0.15, -0.1) is 0 Å². The van der Waals surface area contributed by atoms with Gasteiger partial charge in [-0.25, -0.2) is 14.3 Å². The molecule has 5 heteroatoms. The van der Waals surface area contributed by atoms with Crippen LogP contribution in [-0.2, 0) is 4.79 Å². The third-order valence-corrected chi connectivity index (χ3v) is 6.70. The number of amidine groups is 1. The second-order valence-corrected chi connectivity index (χ2v) is 9.69. The van der Waals surface area contributed by atoms with E-state index in [-0.39, 0.29) is 6.54 Å². The highest BCUT2D eigenvalue weighted by atomic mass is 16.4. The summed E-state index contributed by atoms with van der Waals surface area (Å²) in [6.07, 6.45) is 31.8. The number of unbranched alkanes of at least 4 members (excludes halogenated alkanes) is 15. The quantitative estimate of drug-likeness (QED) is 0.0948. The van der Waals surface area contributed by atoms with Gasteiger partial charge in [0.2, 0.25) is 5.84 Å². The fourth-order valence-corrected chi connectivity index (χ4v) is 4.69. The van der Waals surface area contributed by atoms with Crippen LogP contribution < -0.4 is 5.73 Å². The van der Waals surface area contributed by atoms with Crippen molar-refractivity contribution in [1.82, 2.24) is 0 Å². The molecule has 1 unspecified atom stereocenters. The molecule has 190 valence electrons. The standard InChI is InChI=1S/C28H51N3O2/c1-2-3-4-5-6-7-8-9-10-11-12-13-14-15-16-17-18-19-20-21-27-30-23-25-31(27,24-22-29)26-28(32)33/h16-17,23,25H,2-15,18-22,24,26,29H2,1H3/p+1/b17-16+. The van der Waals surface area contributed by atoms with Gasteiger partial charge in [0.1, 0.15) is 12.7 Å². The van der Waals surface area contributed by atoms with Crippen LogP contribution in [0, 0.1) is 0 Å². The molecule has 33 heavy (non-hydrogen) atoms. The predicted molar refractivity (Wildman–Crippen MR) is 141 cm³/mol. The summed E-state index contributed by atoms with van der Waals surface area (Å²) in [6.45, 7) is 3.37. The average molecular weight is 463 g/mol. The Morgan fingerprint density at radius 1 is 0.879 bits per heavy atom. The number of aliphatic imine (C=N–C) groups is 1. The number of allylic oxidation sites excluding steroid dienone is 2. The summed E-state index contributed by atoms with van der Waals surface area (Å²) in [5.74, 6) is 0.137. The maximum Gasteiger partial charge on any atom is 0.360 e. The van der Waals surface area contributed by atoms with Crippen molar-refractivity contribution in [3.05, 3.63) is 24.6 Å². The number of nitrogens with two attached hydrogens (primary N) is 1. The minimum Gasteiger partial charge on any atom is -0.477 e. The van der Waals surface area contributed by atoms with Gasteiger partial charge in [-0.2, -0.15) is 0 Å². The molecule has 0 spiro atoms. The third-order valence-electron chi connectivity index (χ3n) is 6.70. The van der Waals surface area contributed by atoms with E-state index in [1.807, 2.05) is 6.20 Å². The van der Waals surface area contributed by atoms with Crippen molar-refractivity contribution in [2.45, 2.75) is 122 Å². The molecule has 1 aliphatic rings. The van der Waals surface area contributed by atoms with E-state index >= 15 is 0 Å². The maximum absolute atomic E-state index is 11.3. The Morgan fingerprint density at radius 2 is 1.39 bits per heavy atom. The number of carboxylic acids is 1. The molecule has 3 N–H and O–H groups in total. The van der Waals surface area contributed by atoms with Crippen LogP contribution in [0.25, 0.3) is 0 Å². The van der Waals surface area contributed by atoms with E-state index in [0.717, 1.165) is 31.5 Å². The summed E-state index contributed by atoms with van der Waals surface area (Å²) >= 11 is 0. The molecule has 0 aromatic rings. The molecular formula is C28H52N3O2+. The number of hydrogen-bond donors (Lipinski definition) is 2. The lowest BCUT2D eigenvalue weighted by Gasteiger charge is -2.30. The van der Waals surface area contributed by atoms with Gasteiger partial charge in [-0.1, -0.05) is 96.1 Å². The lowest BCUT2D eigenvalue weighted by atomic mass is 10.0. The van der Waals surface area contributed by atoms with Crippen LogP contribution in [0.5, 0.6) is 0 Å². The highest BCUT2D eigenvalue weighted by Gasteiger charge is 2.36. The van der Waals surface area contributed by atoms with Gasteiger partial charge in [0.25, 0.3) is 0 Å². The Balaban J connectivity index is 1.94. The van der Waals surface area contributed by atoms with Crippen molar-refractivity contribution in [2.75, 3.05) is 19.6 Å². The van der Waals surface area contributed by atoms with E-state index in [9.17, 15) is 9.90 Å². The van der Waals surface area contributed by atoms with Crippen molar-refractivity contribution in [1.29, 1.82) is 0 Å². The molecule has 1 rings (SSSR count). The fourth-order valence-electron chi connectivity index (χ4n) is 4.69. The van der Waals surface area contributed by atoms with Crippen LogP contribution in [0.15, 0.2) is 29.5 Å². The van der Waals surface area contributed by atoms with E-state index in [2.05, 4.69) is 24.1 Å². The Kier molecular flexibility index (Phi) is 17.9. The van der Waals surface area contributed by atoms with Gasteiger partial charge in [0.15, 0.2) is 6.54 Å². The van der Waals surface area contributed by atoms with Crippen molar-refractivity contribution in [3.63, 3.8) is 0 Å². The zero-order valence-electron chi connectivity index (χ0n) is 21.5. The molecule has 0 fully saturated rings. The molecule has 0 aromatic carbocycles. The molecule has 0 amide bonds. The van der Waals surface area contributed by atoms with Gasteiger partial charge in [0, 0.05) is 13.0 Å². The third kappa shape index (κ3) is 14.4. The smallest absolute Gasteiger partial charge is 0.360 e. The molecule has 0 aromatic heterocycles. The second-order valence-electron chi connectivity index (χ2n) is 9.69. The number of aliphatic carboxylic acids is 1. The first kappa shape index (κ1) is 29.6. The minimum absolute atomic E-state index is 0.0333. The maximum atomic E-state index is 11.3. The van der Waals surface area contributed by atoms with Crippen LogP contribution in [0.1, 0.15) is 122 Å². The van der Waals surface area contributed by atoms with E-state index in [1.165, 1.54) is 89.9 Å². The molecule has 1 aliphatic heterocycles. The number of quaternary nitrogens is 1. The lowest BCUT2D eigenvalue weighted by molar-refractivity contribution is -0.778. The Labute approximate surface area is 203 Å². The van der Waals surface area contributed by atoms with Crippen molar-refractivity contribution < 1.29 is 14.4 Å². The molecule has 1 heterocycles. The summed E-state index contributed by atoms with van der Waals surface area (Å²) in [7, 11) is 0. The molecular weight excluding hydrogens is 410 g/mol. The fraction of sp³-hybridized carbons (Fsp3) is 0.786. The SMILES string of the molecule is CCCCCCCCCCCCCCC/C=C/CCCCC1=NC=C[N+]1(CCN)CC(=O)O. The molecule has 0 bridgehead atoms. The van der Waals surface area contributed by atoms with Gasteiger partial charge < -0.3 is 10.8 Å². The second kappa shape index (κ2) is 20.0. The monoisotopic (exact) mass is 462 g/mol. The van der Waals surface area contributed by atoms with Crippen LogP contribution in [0.2, 0.25) is 0 Å². The number of hydrogen-bond acceptors (Lipinski definition) is 3. The van der Waals surface area contributed by atoms with Crippen molar-refractivity contribution >= 4 is 11.8 Å². The first-order valence-corrected chi connectivity index (χ1v) is 13.8. The van der Waals surface area contributed by atoms with E-state index in [1.54, 1.807) is 6.20 Å². The van der Waals surface area contributed by atoms with Crippen LogP contribution >= 0.6 is 0 Å². The lowest BCUT2D eigenvalue weighted by Crippen LogP contribution is -2.52. The topological polar surface area (TPSA) is 75.7 Å². The van der Waals surface area contributed by atoms with Gasteiger partial charge in [0.05, 0.1) is 6.20 Å². The summed E-state index contributed by atoms with van der Waals surface area (Å²) < 4.78 is 0.292. The molecule has 1 atom stereocenters. The summed E-state index contributed by atoms with van der Waals surface area (Å²) in [4.78, 5) is 15.7. The summed E-state index contributed by atoms with van der Waals surface area (Å²) in [6, 6.07) is 0. The number of carboxylic acid groups (broad SMARTS) is 1. The normalized spacial score (nSPS) is 17.8. The first-order chi connectivity index (χ1) is 16.1. The highest BCUT2D eigenvalue weighted by molar-refractivity contribution is 5.81. The molecule has 0 saturated heterocycles. The average Bonchev–Trinajstić information content (AvgIpc) is 3.16. The summed E-state index contributed by atoms with van der Waals surface area (Å²) in [5, 5.41) is 9.26. The number of nitrogens with zero attached hydrogens (tertiary/aromatic N) is 2. The van der Waals surface area contributed by atoms with Gasteiger partial charge in [-0.3, -0.25) is 0 Å². The molecule has 0 aliphatic carbocycles. The van der Waals surface area contributed by atoms with Crippen molar-refractivity contribution in [3.8, 4) is 0 Å². The molecule has 5 nitrogen and oxygen atoms in total. The number of rotatable bonds is 23. The largest absolute Gasteiger partial charge is 0.477 e. The predicted octanol–water partition coefficient (Wildman–Crippen LogP) is 7.33. The van der Waals surface area contributed by atoms with Gasteiger partial charge in [-0.05, 0) is 32.1 Å². The first-order valence-electron chi connectivity index (χ1n) is 13.8. The minimum atomic E-state index is -0.807. The van der Waals surface area contributed by atoms with Crippen molar-refractivity contribution in [2.24, 2.45) is 10.7 Å².